The summed E-state index contributed by atoms with van der Waals surface area (Å²) in [5.74, 6) is 0.943. The first-order chi connectivity index (χ1) is 9.85. The third-order valence-electron chi connectivity index (χ3n) is 4.23. The van der Waals surface area contributed by atoms with Crippen LogP contribution in [0.1, 0.15) is 12.8 Å². The quantitative estimate of drug-likeness (QED) is 0.853. The van der Waals surface area contributed by atoms with Gasteiger partial charge in [-0.2, -0.15) is 0 Å². The molecule has 0 aromatic heterocycles. The minimum absolute atomic E-state index is 0.827. The van der Waals surface area contributed by atoms with Crippen LogP contribution in [0.4, 0.5) is 5.69 Å². The van der Waals surface area contributed by atoms with Gasteiger partial charge in [0.25, 0.3) is 0 Å². The Morgan fingerprint density at radius 3 is 2.70 bits per heavy atom. The van der Waals surface area contributed by atoms with Gasteiger partial charge in [-0.3, -0.25) is 4.90 Å². The average molecular weight is 275 g/mol. The second-order valence-corrected chi connectivity index (χ2v) is 5.76. The standard InChI is InChI=1S/C16H25N3O/c1-20-16-4-2-3-15(13-16)19-11-9-18(10-12-19)8-7-17-14-5-6-14/h2-4,13-14,17H,5-12H2,1H3. The second-order valence-electron chi connectivity index (χ2n) is 5.76. The smallest absolute Gasteiger partial charge is 0.120 e. The molecular formula is C16H25N3O. The summed E-state index contributed by atoms with van der Waals surface area (Å²) in [6.07, 6.45) is 2.76. The number of rotatable bonds is 6. The fourth-order valence-electron chi connectivity index (χ4n) is 2.75. The zero-order chi connectivity index (χ0) is 13.8. The van der Waals surface area contributed by atoms with Crippen LogP contribution in [-0.4, -0.2) is 57.3 Å². The van der Waals surface area contributed by atoms with Gasteiger partial charge < -0.3 is 15.0 Å². The SMILES string of the molecule is COc1cccc(N2CCN(CCNC3CC3)CC2)c1. The minimum atomic E-state index is 0.827. The van der Waals surface area contributed by atoms with Crippen molar-refractivity contribution in [1.82, 2.24) is 10.2 Å². The Balaban J connectivity index is 1.44. The Labute approximate surface area is 121 Å². The molecule has 1 saturated heterocycles. The Morgan fingerprint density at radius 2 is 2.00 bits per heavy atom. The number of hydrogen-bond donors (Lipinski definition) is 1. The molecule has 4 nitrogen and oxygen atoms in total. The van der Waals surface area contributed by atoms with Gasteiger partial charge in [0.15, 0.2) is 0 Å². The van der Waals surface area contributed by atoms with E-state index in [9.17, 15) is 0 Å². The molecule has 0 radical (unpaired) electrons. The number of hydrogen-bond acceptors (Lipinski definition) is 4. The van der Waals surface area contributed by atoms with Crippen LogP contribution >= 0.6 is 0 Å². The van der Waals surface area contributed by atoms with Gasteiger partial charge in [0.2, 0.25) is 0 Å². The third-order valence-corrected chi connectivity index (χ3v) is 4.23. The summed E-state index contributed by atoms with van der Waals surface area (Å²) in [6, 6.07) is 9.20. The van der Waals surface area contributed by atoms with E-state index in [-0.39, 0.29) is 0 Å². The molecule has 1 aliphatic carbocycles. The third kappa shape index (κ3) is 3.64. The van der Waals surface area contributed by atoms with E-state index in [1.54, 1.807) is 7.11 Å². The predicted octanol–water partition coefficient (Wildman–Crippen LogP) is 1.57. The fraction of sp³-hybridized carbons (Fsp3) is 0.625. The maximum Gasteiger partial charge on any atom is 0.120 e. The summed E-state index contributed by atoms with van der Waals surface area (Å²) in [5, 5.41) is 3.59. The van der Waals surface area contributed by atoms with Crippen molar-refractivity contribution in [3.8, 4) is 5.75 Å². The van der Waals surface area contributed by atoms with Gasteiger partial charge in [0, 0.05) is 57.1 Å². The lowest BCUT2D eigenvalue weighted by atomic mass is 10.2. The van der Waals surface area contributed by atoms with Gasteiger partial charge in [0.1, 0.15) is 5.75 Å². The normalized spacial score (nSPS) is 20.1. The lowest BCUT2D eigenvalue weighted by molar-refractivity contribution is 0.257. The van der Waals surface area contributed by atoms with Gasteiger partial charge >= 0.3 is 0 Å². The second kappa shape index (κ2) is 6.46. The molecule has 3 rings (SSSR count). The summed E-state index contributed by atoms with van der Waals surface area (Å²) in [6.45, 7) is 6.85. The van der Waals surface area contributed by atoms with Gasteiger partial charge in [-0.15, -0.1) is 0 Å². The highest BCUT2D eigenvalue weighted by Crippen LogP contribution is 2.22. The van der Waals surface area contributed by atoms with E-state index in [1.165, 1.54) is 25.1 Å². The van der Waals surface area contributed by atoms with E-state index in [2.05, 4.69) is 33.3 Å². The van der Waals surface area contributed by atoms with E-state index >= 15 is 0 Å². The Kier molecular flexibility index (Phi) is 4.43. The van der Waals surface area contributed by atoms with Gasteiger partial charge in [0.05, 0.1) is 7.11 Å². The lowest BCUT2D eigenvalue weighted by Crippen LogP contribution is -2.48. The van der Waals surface area contributed by atoms with Gasteiger partial charge in [-0.05, 0) is 25.0 Å². The Morgan fingerprint density at radius 1 is 1.20 bits per heavy atom. The summed E-state index contributed by atoms with van der Waals surface area (Å²) in [4.78, 5) is 5.01. The molecule has 2 fully saturated rings. The molecule has 4 heteroatoms. The number of piperazine rings is 1. The minimum Gasteiger partial charge on any atom is -0.497 e. The summed E-state index contributed by atoms with van der Waals surface area (Å²) in [5.41, 5.74) is 1.28. The Bertz CT molecular complexity index is 425. The van der Waals surface area contributed by atoms with Crippen molar-refractivity contribution < 1.29 is 4.74 Å². The molecule has 20 heavy (non-hydrogen) atoms. The maximum absolute atomic E-state index is 5.30. The molecule has 110 valence electrons. The van der Waals surface area contributed by atoms with Crippen molar-refractivity contribution in [2.24, 2.45) is 0 Å². The molecule has 0 amide bonds. The van der Waals surface area contributed by atoms with E-state index in [4.69, 9.17) is 4.74 Å². The molecule has 2 aliphatic rings. The van der Waals surface area contributed by atoms with Crippen LogP contribution in [0, 0.1) is 0 Å². The first kappa shape index (κ1) is 13.7. The molecule has 1 N–H and O–H groups in total. The van der Waals surface area contributed by atoms with Crippen LogP contribution < -0.4 is 15.0 Å². The summed E-state index contributed by atoms with van der Waals surface area (Å²) >= 11 is 0. The number of nitrogens with zero attached hydrogens (tertiary/aromatic N) is 2. The maximum atomic E-state index is 5.30. The zero-order valence-electron chi connectivity index (χ0n) is 12.3. The van der Waals surface area contributed by atoms with E-state index < -0.39 is 0 Å². The highest BCUT2D eigenvalue weighted by Gasteiger charge is 2.21. The molecule has 1 heterocycles. The van der Waals surface area contributed by atoms with Crippen LogP contribution in [0.15, 0.2) is 24.3 Å². The van der Waals surface area contributed by atoms with Crippen LogP contribution in [0.25, 0.3) is 0 Å². The highest BCUT2D eigenvalue weighted by atomic mass is 16.5. The number of methoxy groups -OCH3 is 1. The molecular weight excluding hydrogens is 250 g/mol. The molecule has 0 atom stereocenters. The van der Waals surface area contributed by atoms with Crippen molar-refractivity contribution in [2.75, 3.05) is 51.3 Å². The molecule has 1 aromatic carbocycles. The average Bonchev–Trinajstić information content (AvgIpc) is 3.32. The Hall–Kier alpha value is -1.26. The first-order valence-electron chi connectivity index (χ1n) is 7.70. The molecule has 1 saturated carbocycles. The first-order valence-corrected chi connectivity index (χ1v) is 7.70. The molecule has 1 aromatic rings. The largest absolute Gasteiger partial charge is 0.497 e. The fourth-order valence-corrected chi connectivity index (χ4v) is 2.75. The predicted molar refractivity (Wildman–Crippen MR) is 82.7 cm³/mol. The van der Waals surface area contributed by atoms with Crippen molar-refractivity contribution in [2.45, 2.75) is 18.9 Å². The van der Waals surface area contributed by atoms with E-state index in [1.807, 2.05) is 6.07 Å². The summed E-state index contributed by atoms with van der Waals surface area (Å²) in [7, 11) is 1.73. The van der Waals surface area contributed by atoms with Crippen LogP contribution in [0.5, 0.6) is 5.75 Å². The van der Waals surface area contributed by atoms with Gasteiger partial charge in [-0.1, -0.05) is 6.07 Å². The van der Waals surface area contributed by atoms with Crippen LogP contribution in [0.3, 0.4) is 0 Å². The molecule has 0 unspecified atom stereocenters. The van der Waals surface area contributed by atoms with E-state index in [0.29, 0.717) is 0 Å². The molecule has 0 spiro atoms. The van der Waals surface area contributed by atoms with Crippen molar-refractivity contribution in [3.05, 3.63) is 24.3 Å². The van der Waals surface area contributed by atoms with Crippen molar-refractivity contribution in [3.63, 3.8) is 0 Å². The lowest BCUT2D eigenvalue weighted by Gasteiger charge is -2.36. The van der Waals surface area contributed by atoms with E-state index in [0.717, 1.165) is 44.5 Å². The monoisotopic (exact) mass is 275 g/mol. The topological polar surface area (TPSA) is 27.7 Å². The molecule has 1 aliphatic heterocycles. The van der Waals surface area contributed by atoms with Crippen LogP contribution in [-0.2, 0) is 0 Å². The summed E-state index contributed by atoms with van der Waals surface area (Å²) < 4.78 is 5.30. The number of anilines is 1. The number of ether oxygens (including phenoxy) is 1. The molecule has 0 bridgehead atoms. The van der Waals surface area contributed by atoms with Gasteiger partial charge in [-0.25, -0.2) is 0 Å². The van der Waals surface area contributed by atoms with Crippen molar-refractivity contribution >= 4 is 5.69 Å². The highest BCUT2D eigenvalue weighted by molar-refractivity contribution is 5.51. The number of nitrogens with one attached hydrogen (secondary N) is 1. The van der Waals surface area contributed by atoms with Crippen LogP contribution in [0.2, 0.25) is 0 Å². The zero-order valence-corrected chi connectivity index (χ0v) is 12.3. The number of benzene rings is 1. The van der Waals surface area contributed by atoms with Crippen molar-refractivity contribution in [1.29, 1.82) is 0 Å².